The summed E-state index contributed by atoms with van der Waals surface area (Å²) in [5.41, 5.74) is 5.31. The largest absolute Gasteiger partial charge is 0.409 e. The van der Waals surface area contributed by atoms with E-state index >= 15 is 0 Å². The first kappa shape index (κ1) is 14.4. The lowest BCUT2D eigenvalue weighted by Gasteiger charge is -2.11. The standard InChI is InChI=1S/C10H14FN3O3S/c1-7(10(12)14-15)6-13-18(16,17)9-4-2-3-8(11)5-9/h2-5,7,13,15H,6H2,1H3,(H2,12,14). The van der Waals surface area contributed by atoms with Gasteiger partial charge in [-0.3, -0.25) is 0 Å². The van der Waals surface area contributed by atoms with Gasteiger partial charge in [-0.1, -0.05) is 18.1 Å². The fourth-order valence-corrected chi connectivity index (χ4v) is 2.32. The van der Waals surface area contributed by atoms with Crippen LogP contribution in [-0.2, 0) is 10.0 Å². The Kier molecular flexibility index (Phi) is 4.62. The molecule has 0 heterocycles. The lowest BCUT2D eigenvalue weighted by molar-refractivity contribution is 0.314. The van der Waals surface area contributed by atoms with Crippen molar-refractivity contribution in [3.8, 4) is 0 Å². The Hall–Kier alpha value is -1.67. The highest BCUT2D eigenvalue weighted by molar-refractivity contribution is 7.89. The zero-order valence-electron chi connectivity index (χ0n) is 9.67. The number of hydrogen-bond donors (Lipinski definition) is 3. The summed E-state index contributed by atoms with van der Waals surface area (Å²) in [7, 11) is -3.80. The molecule has 0 spiro atoms. The molecule has 1 unspecified atom stereocenters. The highest BCUT2D eigenvalue weighted by Gasteiger charge is 2.17. The van der Waals surface area contributed by atoms with Crippen molar-refractivity contribution in [3.63, 3.8) is 0 Å². The van der Waals surface area contributed by atoms with Crippen LogP contribution in [0, 0.1) is 11.7 Å². The van der Waals surface area contributed by atoms with Crippen molar-refractivity contribution in [2.24, 2.45) is 16.8 Å². The van der Waals surface area contributed by atoms with E-state index in [1.165, 1.54) is 12.1 Å². The summed E-state index contributed by atoms with van der Waals surface area (Å²) in [6.07, 6.45) is 0. The number of halogens is 1. The summed E-state index contributed by atoms with van der Waals surface area (Å²) in [5.74, 6) is -1.20. The summed E-state index contributed by atoms with van der Waals surface area (Å²) < 4.78 is 38.7. The highest BCUT2D eigenvalue weighted by atomic mass is 32.2. The van der Waals surface area contributed by atoms with Crippen LogP contribution in [0.2, 0.25) is 0 Å². The van der Waals surface area contributed by atoms with Gasteiger partial charge in [-0.25, -0.2) is 17.5 Å². The Balaban J connectivity index is 2.78. The molecule has 100 valence electrons. The Bertz CT molecular complexity index is 545. The average molecular weight is 275 g/mol. The molecule has 1 rings (SSSR count). The molecular formula is C10H14FN3O3S. The minimum atomic E-state index is -3.80. The van der Waals surface area contributed by atoms with Gasteiger partial charge in [0.05, 0.1) is 4.90 Å². The van der Waals surface area contributed by atoms with Gasteiger partial charge in [0, 0.05) is 12.5 Å². The van der Waals surface area contributed by atoms with E-state index in [2.05, 4.69) is 9.88 Å². The lowest BCUT2D eigenvalue weighted by atomic mass is 10.2. The minimum Gasteiger partial charge on any atom is -0.409 e. The number of nitrogens with two attached hydrogens (primary N) is 1. The van der Waals surface area contributed by atoms with Crippen molar-refractivity contribution in [3.05, 3.63) is 30.1 Å². The number of oxime groups is 1. The quantitative estimate of drug-likeness (QED) is 0.315. The topological polar surface area (TPSA) is 105 Å². The van der Waals surface area contributed by atoms with E-state index in [0.717, 1.165) is 12.1 Å². The predicted molar refractivity (Wildman–Crippen MR) is 64.2 cm³/mol. The minimum absolute atomic E-state index is 0.0469. The van der Waals surface area contributed by atoms with Crippen LogP contribution in [0.3, 0.4) is 0 Å². The normalized spacial score (nSPS) is 14.4. The van der Waals surface area contributed by atoms with Crippen LogP contribution in [0.4, 0.5) is 4.39 Å². The van der Waals surface area contributed by atoms with Gasteiger partial charge in [0.15, 0.2) is 0 Å². The Morgan fingerprint density at radius 1 is 1.61 bits per heavy atom. The first-order valence-electron chi connectivity index (χ1n) is 5.09. The molecule has 18 heavy (non-hydrogen) atoms. The molecular weight excluding hydrogens is 261 g/mol. The monoisotopic (exact) mass is 275 g/mol. The highest BCUT2D eigenvalue weighted by Crippen LogP contribution is 2.10. The second-order valence-electron chi connectivity index (χ2n) is 3.74. The number of amidine groups is 1. The molecule has 0 saturated heterocycles. The first-order chi connectivity index (χ1) is 8.36. The maximum Gasteiger partial charge on any atom is 0.240 e. The summed E-state index contributed by atoms with van der Waals surface area (Å²) in [5, 5.41) is 11.2. The van der Waals surface area contributed by atoms with E-state index in [-0.39, 0.29) is 17.3 Å². The van der Waals surface area contributed by atoms with E-state index in [0.29, 0.717) is 0 Å². The van der Waals surface area contributed by atoms with Crippen LogP contribution in [0.25, 0.3) is 0 Å². The Morgan fingerprint density at radius 2 is 2.28 bits per heavy atom. The summed E-state index contributed by atoms with van der Waals surface area (Å²) in [6.45, 7) is 1.54. The van der Waals surface area contributed by atoms with Crippen molar-refractivity contribution in [1.82, 2.24) is 4.72 Å². The second kappa shape index (κ2) is 5.78. The number of rotatable bonds is 5. The third-order valence-corrected chi connectivity index (χ3v) is 3.73. The molecule has 1 atom stereocenters. The fraction of sp³-hybridized carbons (Fsp3) is 0.300. The van der Waals surface area contributed by atoms with E-state index in [1.807, 2.05) is 0 Å². The molecule has 4 N–H and O–H groups in total. The molecule has 8 heteroatoms. The van der Waals surface area contributed by atoms with Gasteiger partial charge in [-0.15, -0.1) is 0 Å². The van der Waals surface area contributed by atoms with Crippen molar-refractivity contribution < 1.29 is 18.0 Å². The van der Waals surface area contributed by atoms with Crippen LogP contribution in [0.15, 0.2) is 34.3 Å². The lowest BCUT2D eigenvalue weighted by Crippen LogP contribution is -2.34. The first-order valence-corrected chi connectivity index (χ1v) is 6.58. The molecule has 0 amide bonds. The summed E-state index contributed by atoms with van der Waals surface area (Å²) in [4.78, 5) is -0.172. The number of sulfonamides is 1. The van der Waals surface area contributed by atoms with Crippen LogP contribution in [0.1, 0.15) is 6.92 Å². The van der Waals surface area contributed by atoms with Gasteiger partial charge in [0.1, 0.15) is 11.7 Å². The molecule has 0 radical (unpaired) electrons. The molecule has 0 aliphatic rings. The fourth-order valence-electron chi connectivity index (χ4n) is 1.16. The average Bonchev–Trinajstić information content (AvgIpc) is 2.35. The Labute approximate surface area is 104 Å². The molecule has 0 fully saturated rings. The van der Waals surface area contributed by atoms with Crippen molar-refractivity contribution in [2.75, 3.05) is 6.54 Å². The molecule has 6 nitrogen and oxygen atoms in total. The van der Waals surface area contributed by atoms with Crippen LogP contribution in [-0.4, -0.2) is 26.0 Å². The van der Waals surface area contributed by atoms with E-state index in [4.69, 9.17) is 10.9 Å². The molecule has 0 aliphatic heterocycles. The Morgan fingerprint density at radius 3 is 2.83 bits per heavy atom. The molecule has 0 aromatic heterocycles. The number of hydrogen-bond acceptors (Lipinski definition) is 4. The molecule has 0 aliphatic carbocycles. The SMILES string of the molecule is CC(CNS(=O)(=O)c1cccc(F)c1)C(N)=NO. The zero-order valence-corrected chi connectivity index (χ0v) is 10.5. The van der Waals surface area contributed by atoms with E-state index < -0.39 is 21.8 Å². The second-order valence-corrected chi connectivity index (χ2v) is 5.50. The van der Waals surface area contributed by atoms with Crippen LogP contribution in [0.5, 0.6) is 0 Å². The van der Waals surface area contributed by atoms with Crippen LogP contribution >= 0.6 is 0 Å². The predicted octanol–water partition coefficient (Wildman–Crippen LogP) is 0.487. The summed E-state index contributed by atoms with van der Waals surface area (Å²) >= 11 is 0. The zero-order chi connectivity index (χ0) is 13.8. The molecule has 0 bridgehead atoms. The van der Waals surface area contributed by atoms with Gasteiger partial charge in [-0.2, -0.15) is 0 Å². The molecule has 1 aromatic rings. The van der Waals surface area contributed by atoms with Gasteiger partial charge >= 0.3 is 0 Å². The van der Waals surface area contributed by atoms with E-state index in [1.54, 1.807) is 6.92 Å². The number of benzene rings is 1. The van der Waals surface area contributed by atoms with Gasteiger partial charge in [-0.05, 0) is 18.2 Å². The maximum absolute atomic E-state index is 12.9. The third-order valence-electron chi connectivity index (χ3n) is 2.31. The van der Waals surface area contributed by atoms with Crippen molar-refractivity contribution >= 4 is 15.9 Å². The van der Waals surface area contributed by atoms with E-state index in [9.17, 15) is 12.8 Å². The van der Waals surface area contributed by atoms with Crippen molar-refractivity contribution in [2.45, 2.75) is 11.8 Å². The number of nitrogens with one attached hydrogen (secondary N) is 1. The number of nitrogens with zero attached hydrogens (tertiary/aromatic N) is 1. The van der Waals surface area contributed by atoms with Crippen molar-refractivity contribution in [1.29, 1.82) is 0 Å². The van der Waals surface area contributed by atoms with Gasteiger partial charge in [0.25, 0.3) is 0 Å². The summed E-state index contributed by atoms with van der Waals surface area (Å²) in [6, 6.07) is 4.64. The maximum atomic E-state index is 12.9. The van der Waals surface area contributed by atoms with Gasteiger partial charge in [0.2, 0.25) is 10.0 Å². The van der Waals surface area contributed by atoms with Gasteiger partial charge < -0.3 is 10.9 Å². The third kappa shape index (κ3) is 3.67. The molecule has 0 saturated carbocycles. The van der Waals surface area contributed by atoms with Crippen LogP contribution < -0.4 is 10.5 Å². The smallest absolute Gasteiger partial charge is 0.240 e. The molecule has 1 aromatic carbocycles.